The van der Waals surface area contributed by atoms with Gasteiger partial charge in [-0.3, -0.25) is 0 Å². The Labute approximate surface area is 175 Å². The minimum Gasteiger partial charge on any atom is -0.469 e. The van der Waals surface area contributed by atoms with E-state index in [1.54, 1.807) is 18.5 Å². The second-order valence-electron chi connectivity index (χ2n) is 7.29. The Morgan fingerprint density at radius 2 is 2.07 bits per heavy atom. The van der Waals surface area contributed by atoms with Crippen LogP contribution in [0.5, 0.6) is 0 Å². The van der Waals surface area contributed by atoms with Crippen molar-refractivity contribution in [2.24, 2.45) is 4.99 Å². The number of halogens is 1. The molecule has 1 aliphatic heterocycles. The number of benzene rings is 1. The van der Waals surface area contributed by atoms with Crippen molar-refractivity contribution in [1.82, 2.24) is 15.6 Å². The van der Waals surface area contributed by atoms with Crippen LogP contribution in [0.15, 0.2) is 76.5 Å². The van der Waals surface area contributed by atoms with E-state index in [0.717, 1.165) is 36.7 Å². The summed E-state index contributed by atoms with van der Waals surface area (Å²) in [4.78, 5) is 10.9. The summed E-state index contributed by atoms with van der Waals surface area (Å²) in [6.07, 6.45) is 4.97. The summed E-state index contributed by atoms with van der Waals surface area (Å²) < 4.78 is 19.5. The first-order valence-corrected chi connectivity index (χ1v) is 10.2. The van der Waals surface area contributed by atoms with E-state index >= 15 is 0 Å². The molecule has 1 saturated heterocycles. The molecule has 30 heavy (non-hydrogen) atoms. The lowest BCUT2D eigenvalue weighted by Crippen LogP contribution is -2.45. The Morgan fingerprint density at radius 3 is 2.87 bits per heavy atom. The smallest absolute Gasteiger partial charge is 0.191 e. The Bertz CT molecular complexity index is 945. The molecular weight excluding hydrogens is 381 g/mol. The number of hydrogen-bond donors (Lipinski definition) is 2. The van der Waals surface area contributed by atoms with Gasteiger partial charge >= 0.3 is 0 Å². The summed E-state index contributed by atoms with van der Waals surface area (Å²) in [7, 11) is 0. The first-order chi connectivity index (χ1) is 14.8. The zero-order chi connectivity index (χ0) is 20.6. The topological polar surface area (TPSA) is 65.7 Å². The van der Waals surface area contributed by atoms with Crippen molar-refractivity contribution in [2.45, 2.75) is 25.4 Å². The minimum atomic E-state index is -0.285. The number of pyridine rings is 1. The molecule has 1 fully saturated rings. The third kappa shape index (κ3) is 5.37. The molecule has 6 nitrogen and oxygen atoms in total. The zero-order valence-electron chi connectivity index (χ0n) is 16.8. The van der Waals surface area contributed by atoms with Crippen LogP contribution in [0.4, 0.5) is 10.2 Å². The Kier molecular flexibility index (Phi) is 6.59. The third-order valence-electron chi connectivity index (χ3n) is 5.07. The Hall–Kier alpha value is -3.35. The van der Waals surface area contributed by atoms with Gasteiger partial charge in [0.05, 0.1) is 12.8 Å². The third-order valence-corrected chi connectivity index (χ3v) is 5.07. The number of nitrogens with one attached hydrogen (secondary N) is 2. The molecule has 0 radical (unpaired) electrons. The van der Waals surface area contributed by atoms with Crippen LogP contribution in [0.1, 0.15) is 17.7 Å². The summed E-state index contributed by atoms with van der Waals surface area (Å²) in [5.74, 6) is 1.81. The molecular formula is C23H26FN5O. The number of rotatable bonds is 7. The van der Waals surface area contributed by atoms with Gasteiger partial charge in [-0.2, -0.15) is 0 Å². The van der Waals surface area contributed by atoms with E-state index in [0.29, 0.717) is 25.5 Å². The van der Waals surface area contributed by atoms with Crippen molar-refractivity contribution in [2.75, 3.05) is 24.5 Å². The number of nitrogens with zero attached hydrogens (tertiary/aromatic N) is 3. The summed E-state index contributed by atoms with van der Waals surface area (Å²) in [6.45, 7) is 2.73. The normalized spacial score (nSPS) is 16.6. The average Bonchev–Trinajstić information content (AvgIpc) is 3.45. The molecule has 0 saturated carbocycles. The van der Waals surface area contributed by atoms with Gasteiger partial charge in [-0.1, -0.05) is 30.3 Å². The van der Waals surface area contributed by atoms with E-state index in [2.05, 4.69) is 27.8 Å². The van der Waals surface area contributed by atoms with E-state index in [1.165, 1.54) is 6.07 Å². The molecule has 3 aromatic rings. The molecule has 1 unspecified atom stereocenters. The highest BCUT2D eigenvalue weighted by Gasteiger charge is 2.26. The summed E-state index contributed by atoms with van der Waals surface area (Å²) >= 11 is 0. The van der Waals surface area contributed by atoms with Crippen molar-refractivity contribution in [1.29, 1.82) is 0 Å². The molecule has 0 bridgehead atoms. The lowest BCUT2D eigenvalue weighted by Gasteiger charge is -2.20. The number of furan rings is 1. The summed E-state index contributed by atoms with van der Waals surface area (Å²) in [6, 6.07) is 17.2. The highest BCUT2D eigenvalue weighted by atomic mass is 19.1. The molecule has 1 aromatic carbocycles. The SMILES string of the molecule is Fc1cccnc1N1CCC(NC(=NCc2ccccc2)NCCc2ccco2)C1. The number of aliphatic imine (C=N–C) groups is 1. The number of aromatic nitrogens is 1. The van der Waals surface area contributed by atoms with Crippen molar-refractivity contribution < 1.29 is 8.81 Å². The molecule has 3 heterocycles. The van der Waals surface area contributed by atoms with Crippen LogP contribution in [0.3, 0.4) is 0 Å². The fraction of sp³-hybridized carbons (Fsp3) is 0.304. The number of hydrogen-bond acceptors (Lipinski definition) is 4. The van der Waals surface area contributed by atoms with Gasteiger partial charge in [0.1, 0.15) is 5.76 Å². The fourth-order valence-electron chi connectivity index (χ4n) is 3.54. The predicted octanol–water partition coefficient (Wildman–Crippen LogP) is 3.37. The molecule has 156 valence electrons. The van der Waals surface area contributed by atoms with Gasteiger partial charge in [-0.15, -0.1) is 0 Å². The second-order valence-corrected chi connectivity index (χ2v) is 7.29. The molecule has 2 N–H and O–H groups in total. The highest BCUT2D eigenvalue weighted by molar-refractivity contribution is 5.80. The van der Waals surface area contributed by atoms with Gasteiger partial charge in [-0.05, 0) is 36.2 Å². The lowest BCUT2D eigenvalue weighted by molar-refractivity contribution is 0.506. The zero-order valence-corrected chi connectivity index (χ0v) is 16.8. The molecule has 4 rings (SSSR count). The molecule has 1 aliphatic rings. The van der Waals surface area contributed by atoms with Gasteiger partial charge in [0.2, 0.25) is 0 Å². The van der Waals surface area contributed by atoms with E-state index < -0.39 is 0 Å². The maximum Gasteiger partial charge on any atom is 0.191 e. The van der Waals surface area contributed by atoms with E-state index in [4.69, 9.17) is 9.41 Å². The molecule has 0 amide bonds. The first kappa shape index (κ1) is 19.9. The second kappa shape index (κ2) is 9.91. The molecule has 1 atom stereocenters. The average molecular weight is 407 g/mol. The van der Waals surface area contributed by atoms with Crippen LogP contribution >= 0.6 is 0 Å². The van der Waals surface area contributed by atoms with Crippen LogP contribution in [-0.2, 0) is 13.0 Å². The van der Waals surface area contributed by atoms with Crippen LogP contribution < -0.4 is 15.5 Å². The van der Waals surface area contributed by atoms with Crippen molar-refractivity contribution in [3.63, 3.8) is 0 Å². The maximum atomic E-state index is 14.1. The van der Waals surface area contributed by atoms with Crippen LogP contribution in [0, 0.1) is 5.82 Å². The van der Waals surface area contributed by atoms with Gasteiger partial charge < -0.3 is 20.0 Å². The van der Waals surface area contributed by atoms with Gasteiger partial charge in [-0.25, -0.2) is 14.4 Å². The quantitative estimate of drug-likeness (QED) is 0.464. The van der Waals surface area contributed by atoms with Gasteiger partial charge in [0.15, 0.2) is 17.6 Å². The largest absolute Gasteiger partial charge is 0.469 e. The van der Waals surface area contributed by atoms with Crippen molar-refractivity contribution in [3.8, 4) is 0 Å². The molecule has 0 spiro atoms. The van der Waals surface area contributed by atoms with Crippen LogP contribution in [0.2, 0.25) is 0 Å². The molecule has 2 aromatic heterocycles. The van der Waals surface area contributed by atoms with Crippen LogP contribution in [0.25, 0.3) is 0 Å². The van der Waals surface area contributed by atoms with Crippen molar-refractivity contribution >= 4 is 11.8 Å². The van der Waals surface area contributed by atoms with Gasteiger partial charge in [0, 0.05) is 38.3 Å². The lowest BCUT2D eigenvalue weighted by atomic mass is 10.2. The van der Waals surface area contributed by atoms with E-state index in [-0.39, 0.29) is 11.9 Å². The van der Waals surface area contributed by atoms with Gasteiger partial charge in [0.25, 0.3) is 0 Å². The predicted molar refractivity (Wildman–Crippen MR) is 116 cm³/mol. The Balaban J connectivity index is 1.38. The maximum absolute atomic E-state index is 14.1. The van der Waals surface area contributed by atoms with Crippen LogP contribution in [-0.4, -0.2) is 36.6 Å². The molecule has 7 heteroatoms. The minimum absolute atomic E-state index is 0.164. The first-order valence-electron chi connectivity index (χ1n) is 10.2. The number of guanidine groups is 1. The standard InChI is InChI=1S/C23H26FN5O/c24-21-9-4-12-25-22(21)29-14-11-19(17-29)28-23(26-13-10-20-8-5-15-30-20)27-16-18-6-2-1-3-7-18/h1-9,12,15,19H,10-11,13-14,16-17H2,(H2,26,27,28). The number of anilines is 1. The summed E-state index contributed by atoms with van der Waals surface area (Å²) in [5, 5.41) is 6.89. The summed E-state index contributed by atoms with van der Waals surface area (Å²) in [5.41, 5.74) is 1.15. The Morgan fingerprint density at radius 1 is 1.17 bits per heavy atom. The van der Waals surface area contributed by atoms with E-state index in [9.17, 15) is 4.39 Å². The highest BCUT2D eigenvalue weighted by Crippen LogP contribution is 2.20. The van der Waals surface area contributed by atoms with E-state index in [1.807, 2.05) is 35.2 Å². The molecule has 0 aliphatic carbocycles. The fourth-order valence-corrected chi connectivity index (χ4v) is 3.54. The monoisotopic (exact) mass is 407 g/mol. The van der Waals surface area contributed by atoms with Crippen molar-refractivity contribution in [3.05, 3.63) is 84.2 Å².